The van der Waals surface area contributed by atoms with Gasteiger partial charge in [0.05, 0.1) is 27.8 Å². The number of nitrogens with zero attached hydrogens (tertiary/aromatic N) is 1. The van der Waals surface area contributed by atoms with E-state index in [4.69, 9.17) is 5.73 Å². The molecule has 1 saturated carbocycles. The van der Waals surface area contributed by atoms with E-state index in [-0.39, 0.29) is 23.5 Å². The average Bonchev–Trinajstić information content (AvgIpc) is 3.32. The number of thioether (sulfide) groups is 1. The quantitative estimate of drug-likeness (QED) is 0.503. The number of anilines is 1. The summed E-state index contributed by atoms with van der Waals surface area (Å²) < 4.78 is 1.61. The van der Waals surface area contributed by atoms with Crippen LogP contribution in [0.3, 0.4) is 0 Å². The normalized spacial score (nSPS) is 25.8. The van der Waals surface area contributed by atoms with E-state index < -0.39 is 23.7 Å². The van der Waals surface area contributed by atoms with Crippen LogP contribution in [0.25, 0.3) is 10.2 Å². The minimum Gasteiger partial charge on any atom is -0.481 e. The molecule has 2 amide bonds. The highest BCUT2D eigenvalue weighted by Gasteiger charge is 2.51. The Morgan fingerprint density at radius 1 is 1.26 bits per heavy atom. The van der Waals surface area contributed by atoms with Crippen molar-refractivity contribution >= 4 is 56.8 Å². The molecule has 1 aromatic carbocycles. The average molecular weight is 403 g/mol. The lowest BCUT2D eigenvalue weighted by atomic mass is 9.82. The van der Waals surface area contributed by atoms with Crippen molar-refractivity contribution in [2.45, 2.75) is 10.8 Å². The minimum atomic E-state index is -0.916. The molecule has 4 rings (SSSR count). The van der Waals surface area contributed by atoms with Crippen LogP contribution in [0.1, 0.15) is 6.42 Å². The lowest BCUT2D eigenvalue weighted by molar-refractivity contribution is -0.146. The number of hydrogen-bond donors (Lipinski definition) is 3. The third-order valence-electron chi connectivity index (χ3n) is 5.02. The van der Waals surface area contributed by atoms with Crippen LogP contribution >= 0.6 is 23.1 Å². The Kier molecular flexibility index (Phi) is 4.65. The highest BCUT2D eigenvalue weighted by molar-refractivity contribution is 8.01. The Morgan fingerprint density at radius 2 is 2.00 bits per heavy atom. The van der Waals surface area contributed by atoms with Gasteiger partial charge < -0.3 is 16.2 Å². The maximum atomic E-state index is 12.8. The molecule has 4 atom stereocenters. The van der Waals surface area contributed by atoms with Crippen LogP contribution in [0.15, 0.2) is 34.7 Å². The SMILES string of the molecule is NC(=O)CSc1nc2ccc(NC(=O)[C@@H]3[C@@H](C(=O)O)[C@H]4C=C[C@H]3C4)cc2s1. The van der Waals surface area contributed by atoms with Gasteiger partial charge in [-0.3, -0.25) is 14.4 Å². The number of aliphatic carboxylic acids is 1. The second-order valence-corrected chi connectivity index (χ2v) is 9.00. The molecule has 1 heterocycles. The molecule has 0 spiro atoms. The van der Waals surface area contributed by atoms with Crippen molar-refractivity contribution in [1.82, 2.24) is 4.98 Å². The Labute approximate surface area is 163 Å². The number of carbonyl (C=O) groups is 3. The van der Waals surface area contributed by atoms with E-state index in [2.05, 4.69) is 10.3 Å². The molecule has 0 saturated heterocycles. The molecule has 4 N–H and O–H groups in total. The fraction of sp³-hybridized carbons (Fsp3) is 0.333. The first-order valence-electron chi connectivity index (χ1n) is 8.46. The highest BCUT2D eigenvalue weighted by Crippen LogP contribution is 2.48. The zero-order valence-electron chi connectivity index (χ0n) is 14.1. The van der Waals surface area contributed by atoms with E-state index in [1.54, 1.807) is 12.1 Å². The molecule has 27 heavy (non-hydrogen) atoms. The van der Waals surface area contributed by atoms with E-state index in [9.17, 15) is 19.5 Å². The number of carbonyl (C=O) groups excluding carboxylic acids is 2. The summed E-state index contributed by atoms with van der Waals surface area (Å²) in [5.41, 5.74) is 6.54. The number of thiazole rings is 1. The Morgan fingerprint density at radius 3 is 2.70 bits per heavy atom. The topological polar surface area (TPSA) is 122 Å². The van der Waals surface area contributed by atoms with Gasteiger partial charge in [0, 0.05) is 5.69 Å². The van der Waals surface area contributed by atoms with Gasteiger partial charge in [0.2, 0.25) is 11.8 Å². The number of amides is 2. The third-order valence-corrected chi connectivity index (χ3v) is 7.20. The van der Waals surface area contributed by atoms with Crippen LogP contribution in [0.2, 0.25) is 0 Å². The largest absolute Gasteiger partial charge is 0.481 e. The first-order valence-corrected chi connectivity index (χ1v) is 10.3. The molecular formula is C18H17N3O4S2. The Bertz CT molecular complexity index is 971. The van der Waals surface area contributed by atoms with Gasteiger partial charge in [0.1, 0.15) is 0 Å². The van der Waals surface area contributed by atoms with E-state index in [0.717, 1.165) is 21.0 Å². The summed E-state index contributed by atoms with van der Waals surface area (Å²) in [6.45, 7) is 0. The van der Waals surface area contributed by atoms with Gasteiger partial charge in [0.15, 0.2) is 4.34 Å². The van der Waals surface area contributed by atoms with E-state index in [1.165, 1.54) is 23.1 Å². The number of hydrogen-bond acceptors (Lipinski definition) is 6. The molecule has 1 fully saturated rings. The smallest absolute Gasteiger partial charge is 0.307 e. The lowest BCUT2D eigenvalue weighted by Crippen LogP contribution is -2.36. The highest BCUT2D eigenvalue weighted by atomic mass is 32.2. The van der Waals surface area contributed by atoms with Gasteiger partial charge in [0.25, 0.3) is 0 Å². The fourth-order valence-electron chi connectivity index (χ4n) is 3.92. The zero-order chi connectivity index (χ0) is 19.1. The molecule has 140 valence electrons. The summed E-state index contributed by atoms with van der Waals surface area (Å²) in [5.74, 6) is -2.69. The number of fused-ring (bicyclic) bond motifs is 3. The van der Waals surface area contributed by atoms with E-state index >= 15 is 0 Å². The monoisotopic (exact) mass is 403 g/mol. The van der Waals surface area contributed by atoms with Gasteiger partial charge in [-0.25, -0.2) is 4.98 Å². The molecule has 9 heteroatoms. The number of nitrogens with two attached hydrogens (primary N) is 1. The molecule has 2 bridgehead atoms. The summed E-state index contributed by atoms with van der Waals surface area (Å²) in [6, 6.07) is 5.37. The van der Waals surface area contributed by atoms with Crippen molar-refractivity contribution < 1.29 is 19.5 Å². The maximum absolute atomic E-state index is 12.8. The summed E-state index contributed by atoms with van der Waals surface area (Å²) >= 11 is 2.70. The molecule has 0 radical (unpaired) electrons. The van der Waals surface area contributed by atoms with Crippen molar-refractivity contribution in [1.29, 1.82) is 0 Å². The van der Waals surface area contributed by atoms with Crippen LogP contribution in [0.5, 0.6) is 0 Å². The number of aromatic nitrogens is 1. The van der Waals surface area contributed by atoms with E-state index in [1.807, 2.05) is 18.2 Å². The first kappa shape index (κ1) is 18.0. The van der Waals surface area contributed by atoms with Crippen molar-refractivity contribution in [2.75, 3.05) is 11.1 Å². The van der Waals surface area contributed by atoms with Gasteiger partial charge >= 0.3 is 5.97 Å². The predicted molar refractivity (Wildman–Crippen MR) is 104 cm³/mol. The molecular weight excluding hydrogens is 386 g/mol. The number of carboxylic acid groups (broad SMARTS) is 1. The minimum absolute atomic E-state index is 0.0139. The standard InChI is InChI=1S/C18H17N3O4S2/c19-13(22)7-26-18-21-11-4-3-10(6-12(11)27-18)20-16(23)14-8-1-2-9(5-8)15(14)17(24)25/h1-4,6,8-9,14-15H,5,7H2,(H2,19,22)(H,20,23)(H,24,25)/t8-,9-,14-,15-/m0/s1. The van der Waals surface area contributed by atoms with Crippen LogP contribution in [-0.4, -0.2) is 33.6 Å². The van der Waals surface area contributed by atoms with Gasteiger partial charge in [-0.1, -0.05) is 23.9 Å². The summed E-state index contributed by atoms with van der Waals surface area (Å²) in [5, 5.41) is 12.4. The molecule has 0 unspecified atom stereocenters. The number of rotatable bonds is 6. The molecule has 1 aromatic heterocycles. The van der Waals surface area contributed by atoms with Crippen molar-refractivity contribution in [3.63, 3.8) is 0 Å². The van der Waals surface area contributed by atoms with Crippen LogP contribution in [0, 0.1) is 23.7 Å². The molecule has 2 aromatic rings. The first-order chi connectivity index (χ1) is 12.9. The number of allylic oxidation sites excluding steroid dienone is 2. The third kappa shape index (κ3) is 3.44. The van der Waals surface area contributed by atoms with Crippen LogP contribution in [0.4, 0.5) is 5.69 Å². The summed E-state index contributed by atoms with van der Waals surface area (Å²) in [4.78, 5) is 39.7. The summed E-state index contributed by atoms with van der Waals surface area (Å²) in [6.07, 6.45) is 4.61. The second kappa shape index (κ2) is 6.97. The fourth-order valence-corrected chi connectivity index (χ4v) is 5.76. The Hall–Kier alpha value is -2.39. The van der Waals surface area contributed by atoms with Gasteiger partial charge in [-0.15, -0.1) is 11.3 Å². The van der Waals surface area contributed by atoms with Crippen LogP contribution < -0.4 is 11.1 Å². The molecule has 0 aliphatic heterocycles. The molecule has 2 aliphatic rings. The second-order valence-electron chi connectivity index (χ2n) is 6.74. The molecule has 2 aliphatic carbocycles. The van der Waals surface area contributed by atoms with Gasteiger partial charge in [-0.2, -0.15) is 0 Å². The number of carboxylic acids is 1. The Balaban J connectivity index is 1.51. The lowest BCUT2D eigenvalue weighted by Gasteiger charge is -2.23. The zero-order valence-corrected chi connectivity index (χ0v) is 15.8. The number of primary amides is 1. The maximum Gasteiger partial charge on any atom is 0.307 e. The van der Waals surface area contributed by atoms with Crippen molar-refractivity contribution in [3.05, 3.63) is 30.4 Å². The summed E-state index contributed by atoms with van der Waals surface area (Å²) in [7, 11) is 0. The van der Waals surface area contributed by atoms with Gasteiger partial charge in [-0.05, 0) is 36.5 Å². The predicted octanol–water partition coefficient (Wildman–Crippen LogP) is 2.34. The van der Waals surface area contributed by atoms with E-state index in [0.29, 0.717) is 5.69 Å². The van der Waals surface area contributed by atoms with Crippen LogP contribution in [-0.2, 0) is 14.4 Å². The number of nitrogens with one attached hydrogen (secondary N) is 1. The van der Waals surface area contributed by atoms with Crippen molar-refractivity contribution in [3.8, 4) is 0 Å². The van der Waals surface area contributed by atoms with Crippen molar-refractivity contribution in [2.24, 2.45) is 29.4 Å². The number of benzene rings is 1. The molecule has 7 nitrogen and oxygen atoms in total.